The lowest BCUT2D eigenvalue weighted by Crippen LogP contribution is -1.92. The Morgan fingerprint density at radius 3 is 2.14 bits per heavy atom. The highest BCUT2D eigenvalue weighted by molar-refractivity contribution is 5.63. The van der Waals surface area contributed by atoms with E-state index in [0.717, 1.165) is 18.4 Å². The van der Waals surface area contributed by atoms with Gasteiger partial charge in [0.1, 0.15) is 5.75 Å². The van der Waals surface area contributed by atoms with Gasteiger partial charge in [-0.15, -0.1) is 0 Å². The van der Waals surface area contributed by atoms with Gasteiger partial charge in [-0.05, 0) is 41.2 Å². The third-order valence-corrected chi connectivity index (χ3v) is 3.71. The molecule has 0 bridgehead atoms. The molecule has 3 aromatic carbocycles. The van der Waals surface area contributed by atoms with E-state index in [9.17, 15) is 5.11 Å². The predicted molar refractivity (Wildman–Crippen MR) is 87.4 cm³/mol. The van der Waals surface area contributed by atoms with Crippen LogP contribution in [-0.2, 0) is 12.8 Å². The summed E-state index contributed by atoms with van der Waals surface area (Å²) in [5, 5.41) is 9.82. The average Bonchev–Trinajstić information content (AvgIpc) is 2.55. The summed E-state index contributed by atoms with van der Waals surface area (Å²) >= 11 is 0. The van der Waals surface area contributed by atoms with Crippen LogP contribution >= 0.6 is 0 Å². The molecule has 0 aliphatic rings. The number of rotatable bonds is 4. The molecule has 0 saturated heterocycles. The van der Waals surface area contributed by atoms with Crippen molar-refractivity contribution in [3.8, 4) is 16.9 Å². The van der Waals surface area contributed by atoms with Gasteiger partial charge in [-0.1, -0.05) is 72.8 Å². The molecule has 3 rings (SSSR count). The zero-order chi connectivity index (χ0) is 14.5. The number of benzene rings is 3. The number of phenolic OH excluding ortho intramolecular Hbond substituents is 1. The molecule has 1 N–H and O–H groups in total. The minimum absolute atomic E-state index is 0.386. The van der Waals surface area contributed by atoms with Crippen LogP contribution in [0.3, 0.4) is 0 Å². The number of hydrogen-bond donors (Lipinski definition) is 1. The fourth-order valence-corrected chi connectivity index (χ4v) is 2.54. The topological polar surface area (TPSA) is 20.2 Å². The molecular weight excluding hydrogens is 256 g/mol. The smallest absolute Gasteiger partial charge is 0.118 e. The van der Waals surface area contributed by atoms with E-state index in [2.05, 4.69) is 48.5 Å². The molecule has 0 aliphatic carbocycles. The SMILES string of the molecule is Oc1ccccc1CCc1cccc(-c2ccccc2)c1. The number of aromatic hydroxyl groups is 1. The van der Waals surface area contributed by atoms with Gasteiger partial charge in [-0.3, -0.25) is 0 Å². The Balaban J connectivity index is 1.77. The van der Waals surface area contributed by atoms with Crippen molar-refractivity contribution in [3.63, 3.8) is 0 Å². The van der Waals surface area contributed by atoms with Crippen LogP contribution < -0.4 is 0 Å². The molecule has 0 fully saturated rings. The molecule has 0 unspecified atom stereocenters. The largest absolute Gasteiger partial charge is 0.508 e. The van der Waals surface area contributed by atoms with E-state index in [4.69, 9.17) is 0 Å². The van der Waals surface area contributed by atoms with E-state index in [-0.39, 0.29) is 0 Å². The van der Waals surface area contributed by atoms with Gasteiger partial charge in [0.05, 0.1) is 0 Å². The highest BCUT2D eigenvalue weighted by atomic mass is 16.3. The Bertz CT molecular complexity index is 717. The van der Waals surface area contributed by atoms with Gasteiger partial charge in [0, 0.05) is 0 Å². The maximum atomic E-state index is 9.82. The van der Waals surface area contributed by atoms with Crippen LogP contribution in [0.5, 0.6) is 5.75 Å². The second kappa shape index (κ2) is 6.27. The molecule has 1 nitrogen and oxygen atoms in total. The van der Waals surface area contributed by atoms with Gasteiger partial charge in [-0.2, -0.15) is 0 Å². The first kappa shape index (κ1) is 13.4. The highest BCUT2D eigenvalue weighted by Crippen LogP contribution is 2.22. The molecule has 0 aromatic heterocycles. The van der Waals surface area contributed by atoms with Crippen LogP contribution in [0.2, 0.25) is 0 Å². The van der Waals surface area contributed by atoms with Crippen LogP contribution in [0.4, 0.5) is 0 Å². The summed E-state index contributed by atoms with van der Waals surface area (Å²) in [6, 6.07) is 26.6. The maximum absolute atomic E-state index is 9.82. The summed E-state index contributed by atoms with van der Waals surface area (Å²) in [6.45, 7) is 0. The predicted octanol–water partition coefficient (Wildman–Crippen LogP) is 4.84. The Morgan fingerprint density at radius 1 is 0.619 bits per heavy atom. The van der Waals surface area contributed by atoms with Crippen molar-refractivity contribution < 1.29 is 5.11 Å². The first-order chi connectivity index (χ1) is 10.3. The molecule has 0 heterocycles. The van der Waals surface area contributed by atoms with Gasteiger partial charge >= 0.3 is 0 Å². The zero-order valence-electron chi connectivity index (χ0n) is 11.9. The lowest BCUT2D eigenvalue weighted by atomic mass is 9.99. The summed E-state index contributed by atoms with van der Waals surface area (Å²) < 4.78 is 0. The van der Waals surface area contributed by atoms with Crippen LogP contribution in [0.1, 0.15) is 11.1 Å². The molecule has 0 amide bonds. The molecule has 0 aliphatic heterocycles. The lowest BCUT2D eigenvalue weighted by Gasteiger charge is -2.07. The van der Waals surface area contributed by atoms with Crippen LogP contribution in [0, 0.1) is 0 Å². The van der Waals surface area contributed by atoms with Gasteiger partial charge in [0.2, 0.25) is 0 Å². The molecule has 1 heteroatoms. The van der Waals surface area contributed by atoms with Crippen molar-refractivity contribution in [2.45, 2.75) is 12.8 Å². The second-order valence-corrected chi connectivity index (χ2v) is 5.20. The van der Waals surface area contributed by atoms with Crippen molar-refractivity contribution in [2.75, 3.05) is 0 Å². The van der Waals surface area contributed by atoms with Crippen molar-refractivity contribution in [1.82, 2.24) is 0 Å². The van der Waals surface area contributed by atoms with Crippen molar-refractivity contribution >= 4 is 0 Å². The van der Waals surface area contributed by atoms with E-state index >= 15 is 0 Å². The minimum atomic E-state index is 0.386. The molecular formula is C20H18O. The summed E-state index contributed by atoms with van der Waals surface area (Å²) in [5.41, 5.74) is 4.77. The summed E-state index contributed by atoms with van der Waals surface area (Å²) in [5.74, 6) is 0.386. The summed E-state index contributed by atoms with van der Waals surface area (Å²) in [4.78, 5) is 0. The molecule has 0 radical (unpaired) electrons. The van der Waals surface area contributed by atoms with Crippen molar-refractivity contribution in [3.05, 3.63) is 90.0 Å². The summed E-state index contributed by atoms with van der Waals surface area (Å²) in [7, 11) is 0. The van der Waals surface area contributed by atoms with E-state index in [1.807, 2.05) is 24.3 Å². The Labute approximate surface area is 125 Å². The van der Waals surface area contributed by atoms with Crippen LogP contribution in [0.15, 0.2) is 78.9 Å². The van der Waals surface area contributed by atoms with Crippen molar-refractivity contribution in [2.24, 2.45) is 0 Å². The Morgan fingerprint density at radius 2 is 1.33 bits per heavy atom. The van der Waals surface area contributed by atoms with Crippen LogP contribution in [0.25, 0.3) is 11.1 Å². The first-order valence-electron chi connectivity index (χ1n) is 7.24. The quantitative estimate of drug-likeness (QED) is 0.721. The molecule has 104 valence electrons. The van der Waals surface area contributed by atoms with Crippen LogP contribution in [-0.4, -0.2) is 5.11 Å². The third kappa shape index (κ3) is 3.32. The monoisotopic (exact) mass is 274 g/mol. The Kier molecular flexibility index (Phi) is 4.02. The molecule has 3 aromatic rings. The molecule has 21 heavy (non-hydrogen) atoms. The number of aryl methyl sites for hydroxylation is 2. The van der Waals surface area contributed by atoms with Gasteiger partial charge in [0.25, 0.3) is 0 Å². The van der Waals surface area contributed by atoms with Gasteiger partial charge < -0.3 is 5.11 Å². The lowest BCUT2D eigenvalue weighted by molar-refractivity contribution is 0.468. The third-order valence-electron chi connectivity index (χ3n) is 3.71. The Hall–Kier alpha value is -2.54. The number of hydrogen-bond acceptors (Lipinski definition) is 1. The fourth-order valence-electron chi connectivity index (χ4n) is 2.54. The number of phenols is 1. The van der Waals surface area contributed by atoms with E-state index in [1.54, 1.807) is 6.07 Å². The standard InChI is InChI=1S/C20H18O/c21-20-12-5-4-10-18(20)14-13-16-7-6-11-19(15-16)17-8-2-1-3-9-17/h1-12,15,21H,13-14H2. The van der Waals surface area contributed by atoms with Gasteiger partial charge in [0.15, 0.2) is 0 Å². The molecule has 0 spiro atoms. The van der Waals surface area contributed by atoms with Crippen molar-refractivity contribution in [1.29, 1.82) is 0 Å². The fraction of sp³-hybridized carbons (Fsp3) is 0.100. The molecule has 0 atom stereocenters. The molecule has 0 saturated carbocycles. The normalized spacial score (nSPS) is 10.5. The van der Waals surface area contributed by atoms with E-state index in [1.165, 1.54) is 16.7 Å². The second-order valence-electron chi connectivity index (χ2n) is 5.20. The highest BCUT2D eigenvalue weighted by Gasteiger charge is 2.02. The average molecular weight is 274 g/mol. The van der Waals surface area contributed by atoms with E-state index < -0.39 is 0 Å². The first-order valence-corrected chi connectivity index (χ1v) is 7.24. The summed E-state index contributed by atoms with van der Waals surface area (Å²) in [6.07, 6.45) is 1.78. The number of para-hydroxylation sites is 1. The zero-order valence-corrected chi connectivity index (χ0v) is 11.9. The van der Waals surface area contributed by atoms with E-state index in [0.29, 0.717) is 5.75 Å². The minimum Gasteiger partial charge on any atom is -0.508 e. The van der Waals surface area contributed by atoms with Gasteiger partial charge in [-0.25, -0.2) is 0 Å². The maximum Gasteiger partial charge on any atom is 0.118 e.